The second kappa shape index (κ2) is 9.10. The minimum absolute atomic E-state index is 0.286. The van der Waals surface area contributed by atoms with E-state index in [4.69, 9.17) is 21.1 Å². The van der Waals surface area contributed by atoms with Crippen molar-refractivity contribution < 1.29 is 23.8 Å². The number of rotatable bonds is 7. The number of esters is 1. The summed E-state index contributed by atoms with van der Waals surface area (Å²) in [6.07, 6.45) is 0. The highest BCUT2D eigenvalue weighted by atomic mass is 35.5. The molecule has 26 heavy (non-hydrogen) atoms. The summed E-state index contributed by atoms with van der Waals surface area (Å²) in [4.78, 5) is 24.2. The van der Waals surface area contributed by atoms with Crippen LogP contribution in [0.1, 0.15) is 34.6 Å². The Balaban J connectivity index is 2.27. The molecule has 0 bridgehead atoms. The molecule has 0 aliphatic rings. The number of nitrogens with one attached hydrogen (secondary N) is 1. The van der Waals surface area contributed by atoms with E-state index in [0.29, 0.717) is 41.0 Å². The third-order valence-corrected chi connectivity index (χ3v) is 3.77. The van der Waals surface area contributed by atoms with Crippen molar-refractivity contribution in [2.24, 2.45) is 0 Å². The minimum atomic E-state index is -0.517. The van der Waals surface area contributed by atoms with Gasteiger partial charge in [-0.15, -0.1) is 0 Å². The number of hydrogen-bond donors (Lipinski definition) is 1. The predicted molar refractivity (Wildman–Crippen MR) is 99.5 cm³/mol. The monoisotopic (exact) mass is 377 g/mol. The van der Waals surface area contributed by atoms with Gasteiger partial charge in [0.1, 0.15) is 0 Å². The Labute approximate surface area is 157 Å². The summed E-state index contributed by atoms with van der Waals surface area (Å²) < 4.78 is 15.7. The smallest absolute Gasteiger partial charge is 0.337 e. The predicted octanol–water partition coefficient (Wildman–Crippen LogP) is 4.18. The fourth-order valence-corrected chi connectivity index (χ4v) is 2.42. The first-order chi connectivity index (χ1) is 12.5. The first kappa shape index (κ1) is 19.6. The second-order valence-corrected chi connectivity index (χ2v) is 5.58. The molecule has 0 spiro atoms. The van der Waals surface area contributed by atoms with Gasteiger partial charge in [0.2, 0.25) is 0 Å². The topological polar surface area (TPSA) is 73.9 Å². The highest BCUT2D eigenvalue weighted by Crippen LogP contribution is 2.30. The first-order valence-corrected chi connectivity index (χ1v) is 8.46. The Morgan fingerprint density at radius 2 is 1.62 bits per heavy atom. The summed E-state index contributed by atoms with van der Waals surface area (Å²) >= 11 is 6.11. The molecule has 6 nitrogen and oxygen atoms in total. The van der Waals surface area contributed by atoms with Gasteiger partial charge in [-0.3, -0.25) is 4.79 Å². The molecule has 0 aromatic heterocycles. The van der Waals surface area contributed by atoms with Gasteiger partial charge in [0.25, 0.3) is 5.91 Å². The average Bonchev–Trinajstić information content (AvgIpc) is 2.64. The number of hydrogen-bond acceptors (Lipinski definition) is 5. The number of halogens is 1. The molecule has 7 heteroatoms. The fraction of sp³-hybridized carbons (Fsp3) is 0.263. The maximum atomic E-state index is 12.6. The Morgan fingerprint density at radius 3 is 2.27 bits per heavy atom. The van der Waals surface area contributed by atoms with Gasteiger partial charge in [0.05, 0.1) is 36.6 Å². The molecule has 2 aromatic rings. The number of methoxy groups -OCH3 is 1. The van der Waals surface area contributed by atoms with Crippen LogP contribution in [-0.2, 0) is 4.74 Å². The molecule has 138 valence electrons. The summed E-state index contributed by atoms with van der Waals surface area (Å²) in [7, 11) is 1.28. The van der Waals surface area contributed by atoms with Crippen molar-refractivity contribution >= 4 is 29.2 Å². The molecule has 1 N–H and O–H groups in total. The molecule has 0 heterocycles. The van der Waals surface area contributed by atoms with Crippen LogP contribution in [0.15, 0.2) is 36.4 Å². The summed E-state index contributed by atoms with van der Waals surface area (Å²) in [5, 5.41) is 3.00. The van der Waals surface area contributed by atoms with Crippen LogP contribution in [0.4, 0.5) is 5.69 Å². The third-order valence-electron chi connectivity index (χ3n) is 3.44. The molecule has 1 amide bonds. The molecule has 0 saturated carbocycles. The van der Waals surface area contributed by atoms with E-state index in [1.165, 1.54) is 25.3 Å². The van der Waals surface area contributed by atoms with Gasteiger partial charge in [-0.05, 0) is 50.2 Å². The molecule has 0 atom stereocenters. The van der Waals surface area contributed by atoms with Gasteiger partial charge in [-0.25, -0.2) is 4.79 Å². The summed E-state index contributed by atoms with van der Waals surface area (Å²) in [5.41, 5.74) is 0.969. The van der Waals surface area contributed by atoms with Crippen LogP contribution < -0.4 is 14.8 Å². The zero-order valence-electron chi connectivity index (χ0n) is 14.8. The Kier molecular flexibility index (Phi) is 6.86. The lowest BCUT2D eigenvalue weighted by molar-refractivity contribution is 0.0600. The lowest BCUT2D eigenvalue weighted by Gasteiger charge is -2.13. The molecule has 0 radical (unpaired) electrons. The number of anilines is 1. The van der Waals surface area contributed by atoms with E-state index in [1.807, 2.05) is 13.8 Å². The number of carbonyl (C=O) groups excluding carboxylic acids is 2. The lowest BCUT2D eigenvalue weighted by Crippen LogP contribution is -2.13. The quantitative estimate of drug-likeness (QED) is 0.733. The van der Waals surface area contributed by atoms with Gasteiger partial charge in [-0.2, -0.15) is 0 Å². The van der Waals surface area contributed by atoms with Gasteiger partial charge in [0.15, 0.2) is 11.5 Å². The third kappa shape index (κ3) is 4.67. The second-order valence-electron chi connectivity index (χ2n) is 5.17. The van der Waals surface area contributed by atoms with E-state index < -0.39 is 11.9 Å². The van der Waals surface area contributed by atoms with Gasteiger partial charge < -0.3 is 19.5 Å². The van der Waals surface area contributed by atoms with Crippen molar-refractivity contribution in [3.63, 3.8) is 0 Å². The highest BCUT2D eigenvalue weighted by Gasteiger charge is 2.15. The van der Waals surface area contributed by atoms with E-state index in [2.05, 4.69) is 10.1 Å². The normalized spacial score (nSPS) is 10.2. The molecule has 0 saturated heterocycles. The number of ether oxygens (including phenoxy) is 3. The van der Waals surface area contributed by atoms with Crippen LogP contribution in [0.3, 0.4) is 0 Å². The summed E-state index contributed by atoms with van der Waals surface area (Å²) in [5.74, 6) is 0.141. The zero-order valence-corrected chi connectivity index (χ0v) is 15.6. The molecule has 0 fully saturated rings. The first-order valence-electron chi connectivity index (χ1n) is 8.09. The van der Waals surface area contributed by atoms with Crippen LogP contribution in [0.25, 0.3) is 0 Å². The number of benzene rings is 2. The Hall–Kier alpha value is -2.73. The lowest BCUT2D eigenvalue weighted by atomic mass is 10.1. The largest absolute Gasteiger partial charge is 0.490 e. The zero-order chi connectivity index (χ0) is 19.1. The van der Waals surface area contributed by atoms with Gasteiger partial charge in [0, 0.05) is 5.56 Å². The van der Waals surface area contributed by atoms with Crippen LogP contribution >= 0.6 is 11.6 Å². The highest BCUT2D eigenvalue weighted by molar-refractivity contribution is 6.34. The number of amides is 1. The number of carbonyl (C=O) groups is 2. The Morgan fingerprint density at radius 1 is 0.962 bits per heavy atom. The van der Waals surface area contributed by atoms with Crippen molar-refractivity contribution in [3.8, 4) is 11.5 Å². The van der Waals surface area contributed by atoms with E-state index in [1.54, 1.807) is 18.2 Å². The molecule has 2 aromatic carbocycles. The average molecular weight is 378 g/mol. The maximum Gasteiger partial charge on any atom is 0.337 e. The van der Waals surface area contributed by atoms with Crippen LogP contribution in [0, 0.1) is 0 Å². The van der Waals surface area contributed by atoms with Gasteiger partial charge >= 0.3 is 5.97 Å². The summed E-state index contributed by atoms with van der Waals surface area (Å²) in [6, 6.07) is 9.41. The molecular weight excluding hydrogens is 358 g/mol. The van der Waals surface area contributed by atoms with Gasteiger partial charge in [-0.1, -0.05) is 11.6 Å². The van der Waals surface area contributed by atoms with Crippen molar-refractivity contribution in [2.75, 3.05) is 25.6 Å². The molecule has 0 aliphatic carbocycles. The molecule has 0 unspecified atom stereocenters. The molecule has 0 aliphatic heterocycles. The SMILES string of the molecule is CCOc1ccc(C(=O)Nc2cc(C(=O)OC)ccc2Cl)cc1OCC. The van der Waals surface area contributed by atoms with Crippen molar-refractivity contribution in [2.45, 2.75) is 13.8 Å². The van der Waals surface area contributed by atoms with E-state index in [-0.39, 0.29) is 5.56 Å². The van der Waals surface area contributed by atoms with Crippen LogP contribution in [-0.4, -0.2) is 32.2 Å². The molecular formula is C19H20ClNO5. The van der Waals surface area contributed by atoms with E-state index >= 15 is 0 Å². The Bertz CT molecular complexity index is 807. The molecule has 2 rings (SSSR count). The standard InChI is InChI=1S/C19H20ClNO5/c1-4-25-16-9-7-12(11-17(16)26-5-2)18(22)21-15-10-13(19(23)24-3)6-8-14(15)20/h6-11H,4-5H2,1-3H3,(H,21,22). The van der Waals surface area contributed by atoms with Crippen LogP contribution in [0.2, 0.25) is 5.02 Å². The van der Waals surface area contributed by atoms with E-state index in [9.17, 15) is 9.59 Å². The van der Waals surface area contributed by atoms with Crippen molar-refractivity contribution in [1.29, 1.82) is 0 Å². The fourth-order valence-electron chi connectivity index (χ4n) is 2.25. The summed E-state index contributed by atoms with van der Waals surface area (Å²) in [6.45, 7) is 4.65. The van der Waals surface area contributed by atoms with Crippen molar-refractivity contribution in [1.82, 2.24) is 0 Å². The minimum Gasteiger partial charge on any atom is -0.490 e. The van der Waals surface area contributed by atoms with E-state index in [0.717, 1.165) is 0 Å². The maximum absolute atomic E-state index is 12.6. The van der Waals surface area contributed by atoms with Crippen molar-refractivity contribution in [3.05, 3.63) is 52.5 Å². The van der Waals surface area contributed by atoms with Crippen LogP contribution in [0.5, 0.6) is 11.5 Å².